The smallest absolute Gasteiger partial charge is 0.257 e. The number of anilines is 4. The van der Waals surface area contributed by atoms with E-state index in [4.69, 9.17) is 0 Å². The first-order valence-corrected chi connectivity index (χ1v) is 13.8. The number of hydrogen-bond donors (Lipinski definition) is 2. The molecular weight excluding hydrogens is 490 g/mol. The molecule has 2 N–H and O–H groups in total. The normalized spacial score (nSPS) is 15.6. The highest BCUT2D eigenvalue weighted by Crippen LogP contribution is 2.38. The lowest BCUT2D eigenvalue weighted by Crippen LogP contribution is -2.47. The summed E-state index contributed by atoms with van der Waals surface area (Å²) in [6.45, 7) is 2.99. The highest BCUT2D eigenvalue weighted by atomic mass is 32.2. The number of para-hydroxylation sites is 1. The molecule has 0 aromatic heterocycles. The standard InChI is InChI=1S/C27H29N5O4S/c1-30-12-14-32(15-13-30)27(34)19-9-11-22-24(17-19)29-26(33)21-10-8-18(16-23(21)28-22)20-6-4-5-7-25(20)31(2)37(3,35)36/h4-11,16-17,28H,12-15H2,1-3H3,(H,29,33). The van der Waals surface area contributed by atoms with Crippen LogP contribution in [0.1, 0.15) is 20.7 Å². The molecule has 2 aliphatic heterocycles. The number of sulfonamides is 1. The third kappa shape index (κ3) is 4.90. The van der Waals surface area contributed by atoms with Gasteiger partial charge >= 0.3 is 0 Å². The lowest BCUT2D eigenvalue weighted by atomic mass is 10.0. The van der Waals surface area contributed by atoms with Crippen molar-refractivity contribution >= 4 is 44.6 Å². The van der Waals surface area contributed by atoms with Gasteiger partial charge in [-0.15, -0.1) is 0 Å². The fourth-order valence-electron chi connectivity index (χ4n) is 4.60. The summed E-state index contributed by atoms with van der Waals surface area (Å²) in [4.78, 5) is 30.2. The van der Waals surface area contributed by atoms with E-state index in [9.17, 15) is 18.0 Å². The minimum Gasteiger partial charge on any atom is -0.353 e. The van der Waals surface area contributed by atoms with Crippen molar-refractivity contribution in [3.63, 3.8) is 0 Å². The van der Waals surface area contributed by atoms with Crippen LogP contribution in [0.5, 0.6) is 0 Å². The Bertz CT molecular complexity index is 1500. The van der Waals surface area contributed by atoms with Gasteiger partial charge < -0.3 is 20.4 Å². The number of benzene rings is 3. The number of hydrogen-bond acceptors (Lipinski definition) is 6. The Kier molecular flexibility index (Phi) is 6.38. The predicted molar refractivity (Wildman–Crippen MR) is 146 cm³/mol. The maximum atomic E-state index is 13.1. The minimum atomic E-state index is -3.46. The van der Waals surface area contributed by atoms with Gasteiger partial charge in [0.05, 0.1) is 34.6 Å². The fourth-order valence-corrected chi connectivity index (χ4v) is 5.12. The molecule has 0 saturated carbocycles. The number of rotatable bonds is 4. The summed E-state index contributed by atoms with van der Waals surface area (Å²) >= 11 is 0. The topological polar surface area (TPSA) is 102 Å². The van der Waals surface area contributed by atoms with Gasteiger partial charge in [0.1, 0.15) is 0 Å². The summed E-state index contributed by atoms with van der Waals surface area (Å²) in [5, 5.41) is 6.25. The van der Waals surface area contributed by atoms with Crippen LogP contribution < -0.4 is 14.9 Å². The summed E-state index contributed by atoms with van der Waals surface area (Å²) in [6.07, 6.45) is 1.16. The highest BCUT2D eigenvalue weighted by Gasteiger charge is 2.25. The van der Waals surface area contributed by atoms with E-state index >= 15 is 0 Å². The maximum Gasteiger partial charge on any atom is 0.257 e. The molecule has 10 heteroatoms. The van der Waals surface area contributed by atoms with Gasteiger partial charge in [0.15, 0.2) is 0 Å². The molecule has 0 atom stereocenters. The summed E-state index contributed by atoms with van der Waals surface area (Å²) in [7, 11) is 0.0930. The third-order valence-corrected chi connectivity index (χ3v) is 8.08. The zero-order valence-corrected chi connectivity index (χ0v) is 21.8. The average Bonchev–Trinajstić information content (AvgIpc) is 3.02. The molecule has 2 heterocycles. The molecule has 9 nitrogen and oxygen atoms in total. The van der Waals surface area contributed by atoms with Crippen molar-refractivity contribution in [3.8, 4) is 11.1 Å². The fraction of sp³-hybridized carbons (Fsp3) is 0.259. The van der Waals surface area contributed by atoms with Gasteiger partial charge in [-0.1, -0.05) is 24.3 Å². The van der Waals surface area contributed by atoms with Gasteiger partial charge in [-0.2, -0.15) is 0 Å². The van der Waals surface area contributed by atoms with Gasteiger partial charge in [0.25, 0.3) is 11.8 Å². The van der Waals surface area contributed by atoms with Crippen molar-refractivity contribution in [1.29, 1.82) is 0 Å². The lowest BCUT2D eigenvalue weighted by molar-refractivity contribution is 0.0664. The van der Waals surface area contributed by atoms with Crippen LogP contribution in [0, 0.1) is 0 Å². The summed E-state index contributed by atoms with van der Waals surface area (Å²) in [6, 6.07) is 17.8. The first-order valence-electron chi connectivity index (χ1n) is 12.0. The van der Waals surface area contributed by atoms with Crippen LogP contribution in [0.25, 0.3) is 11.1 Å². The quantitative estimate of drug-likeness (QED) is 0.548. The van der Waals surface area contributed by atoms with E-state index in [1.54, 1.807) is 42.5 Å². The van der Waals surface area contributed by atoms with Crippen LogP contribution in [0.15, 0.2) is 60.7 Å². The second kappa shape index (κ2) is 9.53. The van der Waals surface area contributed by atoms with Gasteiger partial charge in [-0.3, -0.25) is 13.9 Å². The summed E-state index contributed by atoms with van der Waals surface area (Å²) in [5.41, 5.74) is 4.77. The number of fused-ring (bicyclic) bond motifs is 2. The monoisotopic (exact) mass is 519 g/mol. The SMILES string of the molecule is CN1CCN(C(=O)c2ccc3c(c2)NC(=O)c2ccc(-c4ccccc4N(C)S(C)(=O)=O)cc2N3)CC1. The molecule has 1 saturated heterocycles. The molecule has 0 bridgehead atoms. The summed E-state index contributed by atoms with van der Waals surface area (Å²) in [5.74, 6) is -0.348. The van der Waals surface area contributed by atoms with Crippen LogP contribution in [0.4, 0.5) is 22.7 Å². The molecular formula is C27H29N5O4S. The van der Waals surface area contributed by atoms with Crippen molar-refractivity contribution in [2.45, 2.75) is 0 Å². The number of likely N-dealkylation sites (N-methyl/N-ethyl adjacent to an activating group) is 1. The van der Waals surface area contributed by atoms with Gasteiger partial charge in [-0.25, -0.2) is 8.42 Å². The average molecular weight is 520 g/mol. The molecule has 3 aromatic rings. The molecule has 0 unspecified atom stereocenters. The lowest BCUT2D eigenvalue weighted by Gasteiger charge is -2.32. The van der Waals surface area contributed by atoms with Crippen LogP contribution in [-0.4, -0.2) is 76.6 Å². The van der Waals surface area contributed by atoms with E-state index < -0.39 is 10.0 Å². The molecule has 192 valence electrons. The van der Waals surface area contributed by atoms with Crippen molar-refractivity contribution < 1.29 is 18.0 Å². The molecule has 1 fully saturated rings. The van der Waals surface area contributed by atoms with E-state index in [2.05, 4.69) is 15.5 Å². The Morgan fingerprint density at radius 2 is 1.59 bits per heavy atom. The van der Waals surface area contributed by atoms with E-state index in [0.717, 1.165) is 30.5 Å². The number of nitrogens with one attached hydrogen (secondary N) is 2. The summed E-state index contributed by atoms with van der Waals surface area (Å²) < 4.78 is 25.6. The van der Waals surface area contributed by atoms with E-state index in [1.165, 1.54) is 11.4 Å². The Labute approximate surface area is 216 Å². The maximum absolute atomic E-state index is 13.1. The zero-order chi connectivity index (χ0) is 26.3. The Balaban J connectivity index is 1.47. The van der Waals surface area contributed by atoms with E-state index in [1.807, 2.05) is 30.1 Å². The number of nitrogens with zero attached hydrogens (tertiary/aromatic N) is 3. The molecule has 0 radical (unpaired) electrons. The number of piperazine rings is 1. The minimum absolute atomic E-state index is 0.0548. The van der Waals surface area contributed by atoms with Crippen LogP contribution in [0.2, 0.25) is 0 Å². The van der Waals surface area contributed by atoms with Crippen molar-refractivity contribution in [2.24, 2.45) is 0 Å². The number of carbonyl (C=O) groups excluding carboxylic acids is 2. The molecule has 2 aliphatic rings. The predicted octanol–water partition coefficient (Wildman–Crippen LogP) is 3.45. The highest BCUT2D eigenvalue weighted by molar-refractivity contribution is 7.92. The van der Waals surface area contributed by atoms with Gasteiger partial charge in [0.2, 0.25) is 10.0 Å². The Morgan fingerprint density at radius 1 is 0.865 bits per heavy atom. The van der Waals surface area contributed by atoms with Crippen LogP contribution in [-0.2, 0) is 10.0 Å². The molecule has 0 aliphatic carbocycles. The third-order valence-electron chi connectivity index (χ3n) is 6.89. The van der Waals surface area contributed by atoms with Gasteiger partial charge in [0, 0.05) is 44.4 Å². The molecule has 37 heavy (non-hydrogen) atoms. The molecule has 2 amide bonds. The second-order valence-corrected chi connectivity index (χ2v) is 11.5. The van der Waals surface area contributed by atoms with E-state index in [-0.39, 0.29) is 11.8 Å². The van der Waals surface area contributed by atoms with Crippen LogP contribution in [0.3, 0.4) is 0 Å². The molecule has 3 aromatic carbocycles. The second-order valence-electron chi connectivity index (χ2n) is 9.44. The molecule has 5 rings (SSSR count). The van der Waals surface area contributed by atoms with Crippen molar-refractivity contribution in [1.82, 2.24) is 9.80 Å². The number of carbonyl (C=O) groups is 2. The van der Waals surface area contributed by atoms with Crippen LogP contribution >= 0.6 is 0 Å². The Morgan fingerprint density at radius 3 is 2.32 bits per heavy atom. The Hall–Kier alpha value is -3.89. The van der Waals surface area contributed by atoms with Crippen molar-refractivity contribution in [3.05, 3.63) is 71.8 Å². The van der Waals surface area contributed by atoms with E-state index in [0.29, 0.717) is 47.0 Å². The largest absolute Gasteiger partial charge is 0.353 e. The van der Waals surface area contributed by atoms with Gasteiger partial charge in [-0.05, 0) is 49.0 Å². The zero-order valence-electron chi connectivity index (χ0n) is 21.0. The first-order chi connectivity index (χ1) is 17.6. The molecule has 0 spiro atoms. The number of amides is 2. The van der Waals surface area contributed by atoms with Crippen molar-refractivity contribution in [2.75, 3.05) is 61.5 Å². The first kappa shape index (κ1) is 24.8.